The van der Waals surface area contributed by atoms with Crippen LogP contribution in [-0.4, -0.2) is 36.2 Å². The van der Waals surface area contributed by atoms with E-state index in [0.29, 0.717) is 11.1 Å². The van der Waals surface area contributed by atoms with E-state index in [1.54, 1.807) is 19.1 Å². The minimum absolute atomic E-state index is 0.0980. The third-order valence-electron chi connectivity index (χ3n) is 5.36. The van der Waals surface area contributed by atoms with Gasteiger partial charge < -0.3 is 25.1 Å². The first-order valence-electron chi connectivity index (χ1n) is 10.6. The lowest BCUT2D eigenvalue weighted by atomic mass is 9.87. The van der Waals surface area contributed by atoms with Crippen molar-refractivity contribution >= 4 is 11.9 Å². The Labute approximate surface area is 200 Å². The summed E-state index contributed by atoms with van der Waals surface area (Å²) in [6.07, 6.45) is 0.0845. The van der Waals surface area contributed by atoms with Crippen molar-refractivity contribution in [2.24, 2.45) is 0 Å². The summed E-state index contributed by atoms with van der Waals surface area (Å²) in [5.41, 5.74) is 0.261. The van der Waals surface area contributed by atoms with Gasteiger partial charge >= 0.3 is 17.6 Å². The molecular weight excluding hydrogens is 462 g/mol. The number of ether oxygens (including phenoxy) is 2. The third-order valence-corrected chi connectivity index (χ3v) is 5.36. The summed E-state index contributed by atoms with van der Waals surface area (Å²) in [7, 11) is 1.25. The van der Waals surface area contributed by atoms with E-state index >= 15 is 0 Å². The monoisotopic (exact) mass is 486 g/mol. The van der Waals surface area contributed by atoms with Crippen LogP contribution in [0.4, 0.5) is 8.78 Å². The first-order chi connectivity index (χ1) is 16.6. The van der Waals surface area contributed by atoms with Crippen LogP contribution in [0.5, 0.6) is 11.5 Å². The van der Waals surface area contributed by atoms with Gasteiger partial charge in [-0.25, -0.2) is 13.6 Å². The van der Waals surface area contributed by atoms with Gasteiger partial charge in [0.05, 0.1) is 7.11 Å². The van der Waals surface area contributed by atoms with E-state index in [9.17, 15) is 28.7 Å². The lowest BCUT2D eigenvalue weighted by molar-refractivity contribution is -0.608. The summed E-state index contributed by atoms with van der Waals surface area (Å²) >= 11 is 0. The van der Waals surface area contributed by atoms with E-state index in [2.05, 4.69) is 5.32 Å². The van der Waals surface area contributed by atoms with Gasteiger partial charge in [0, 0.05) is 12.0 Å². The summed E-state index contributed by atoms with van der Waals surface area (Å²) < 4.78 is 38.4. The molecule has 0 aliphatic heterocycles. The highest BCUT2D eigenvalue weighted by atomic mass is 19.1. The molecule has 8 nitrogen and oxygen atoms in total. The number of methoxy groups -OCH3 is 1. The van der Waals surface area contributed by atoms with Gasteiger partial charge in [0.25, 0.3) is 0 Å². The maximum atomic E-state index is 13.9. The minimum atomic E-state index is -1.23. The molecule has 10 heteroatoms. The van der Waals surface area contributed by atoms with Crippen LogP contribution < -0.4 is 14.8 Å². The van der Waals surface area contributed by atoms with Crippen LogP contribution in [0.25, 0.3) is 0 Å². The second-order valence-electron chi connectivity index (χ2n) is 7.83. The molecule has 2 N–H and O–H groups in total. The van der Waals surface area contributed by atoms with Crippen molar-refractivity contribution in [2.75, 3.05) is 7.11 Å². The van der Waals surface area contributed by atoms with Crippen molar-refractivity contribution in [1.82, 2.24) is 5.32 Å². The number of benzene rings is 2. The topological polar surface area (TPSA) is 112 Å². The van der Waals surface area contributed by atoms with Gasteiger partial charge in [0.1, 0.15) is 23.8 Å². The third kappa shape index (κ3) is 5.84. The molecule has 2 aromatic carbocycles. The number of rotatable bonds is 8. The molecule has 0 unspecified atom stereocenters. The quantitative estimate of drug-likeness (QED) is 0.287. The smallest absolute Gasteiger partial charge is 0.328 e. The minimum Gasteiger partial charge on any atom is -0.618 e. The van der Waals surface area contributed by atoms with E-state index < -0.39 is 53.0 Å². The van der Waals surface area contributed by atoms with Crippen molar-refractivity contribution in [3.05, 3.63) is 94.5 Å². The Hall–Kier alpha value is -4.21. The molecule has 1 heterocycles. The molecule has 1 aromatic heterocycles. The summed E-state index contributed by atoms with van der Waals surface area (Å²) in [5.74, 6) is -4.39. The Morgan fingerprint density at radius 3 is 2.11 bits per heavy atom. The van der Waals surface area contributed by atoms with Crippen LogP contribution in [0.1, 0.15) is 41.4 Å². The van der Waals surface area contributed by atoms with E-state index in [1.807, 2.05) is 0 Å². The molecule has 0 bridgehead atoms. The lowest BCUT2D eigenvalue weighted by Crippen LogP contribution is -2.46. The molecule has 0 spiro atoms. The number of hydrogen-bond donors (Lipinski definition) is 2. The molecule has 0 aliphatic carbocycles. The lowest BCUT2D eigenvalue weighted by Gasteiger charge is -2.26. The van der Waals surface area contributed by atoms with Crippen LogP contribution in [0.15, 0.2) is 60.8 Å². The van der Waals surface area contributed by atoms with Crippen LogP contribution >= 0.6 is 0 Å². The maximum Gasteiger partial charge on any atom is 0.328 e. The van der Waals surface area contributed by atoms with Crippen molar-refractivity contribution in [3.8, 4) is 11.5 Å². The zero-order valence-corrected chi connectivity index (χ0v) is 19.2. The molecule has 0 saturated heterocycles. The second-order valence-corrected chi connectivity index (χ2v) is 7.83. The van der Waals surface area contributed by atoms with Crippen molar-refractivity contribution in [1.29, 1.82) is 0 Å². The van der Waals surface area contributed by atoms with Gasteiger partial charge in [-0.1, -0.05) is 24.3 Å². The van der Waals surface area contributed by atoms with E-state index in [0.717, 1.165) is 6.20 Å². The van der Waals surface area contributed by atoms with Crippen molar-refractivity contribution < 1.29 is 37.7 Å². The fourth-order valence-electron chi connectivity index (χ4n) is 3.69. The number of hydrogen-bond acceptors (Lipinski definition) is 6. The molecule has 35 heavy (non-hydrogen) atoms. The highest BCUT2D eigenvalue weighted by Crippen LogP contribution is 2.31. The molecule has 0 radical (unpaired) electrons. The van der Waals surface area contributed by atoms with Gasteiger partial charge in [-0.05, 0) is 49.2 Å². The molecule has 2 atom stereocenters. The van der Waals surface area contributed by atoms with Crippen molar-refractivity contribution in [3.63, 3.8) is 0 Å². The van der Waals surface area contributed by atoms with Crippen molar-refractivity contribution in [2.45, 2.75) is 31.9 Å². The number of carbonyl (C=O) groups excluding carboxylic acids is 2. The summed E-state index contributed by atoms with van der Waals surface area (Å²) in [5, 5.41) is 24.4. The van der Waals surface area contributed by atoms with Crippen LogP contribution in [0, 0.1) is 16.8 Å². The molecule has 0 aliphatic rings. The zero-order valence-electron chi connectivity index (χ0n) is 19.2. The van der Waals surface area contributed by atoms with Gasteiger partial charge in [-0.15, -0.1) is 0 Å². The van der Waals surface area contributed by atoms with Crippen LogP contribution in [-0.2, 0) is 9.53 Å². The largest absolute Gasteiger partial charge is 0.618 e. The predicted molar refractivity (Wildman–Crippen MR) is 121 cm³/mol. The number of amides is 1. The van der Waals surface area contributed by atoms with Gasteiger partial charge in [-0.2, -0.15) is 4.73 Å². The Morgan fingerprint density at radius 1 is 1.03 bits per heavy atom. The molecule has 3 rings (SSSR count). The molecule has 0 saturated carbocycles. The Kier molecular flexibility index (Phi) is 7.85. The SMILES string of the molecule is COc1cc[n+]([O-])c(C(=O)N[C@@H](C)C(=O)O[C@@H](C)C(c2cccc(F)c2)c2cccc(F)c2)c1O. The zero-order chi connectivity index (χ0) is 25.7. The Morgan fingerprint density at radius 2 is 1.60 bits per heavy atom. The number of pyridine rings is 1. The summed E-state index contributed by atoms with van der Waals surface area (Å²) in [6.45, 7) is 2.89. The van der Waals surface area contributed by atoms with Gasteiger partial charge in [-0.3, -0.25) is 4.79 Å². The number of nitrogens with one attached hydrogen (secondary N) is 1. The normalized spacial score (nSPS) is 12.6. The molecule has 0 fully saturated rings. The Bertz CT molecular complexity index is 1190. The van der Waals surface area contributed by atoms with Gasteiger partial charge in [0.15, 0.2) is 11.9 Å². The molecule has 184 valence electrons. The number of aromatic nitrogens is 1. The standard InChI is InChI=1S/C25H24F2N2O6/c1-14(28-24(31)22-23(30)20(34-3)10-11-29(22)33)25(32)35-15(2)21(16-6-4-8-18(26)12-16)17-7-5-9-19(27)13-17/h4-15,21,30H,1-3H3,(H,28,31)/t14-,15-/m0/s1. The molecular formula is C25H24F2N2O6. The second kappa shape index (κ2) is 10.8. The average Bonchev–Trinajstić information content (AvgIpc) is 2.79. The number of aromatic hydroxyl groups is 1. The summed E-state index contributed by atoms with van der Waals surface area (Å²) in [6, 6.07) is 11.3. The number of esters is 1. The fraction of sp³-hybridized carbons (Fsp3) is 0.240. The number of nitrogens with zero attached hydrogens (tertiary/aromatic N) is 1. The molecule has 1 amide bonds. The highest BCUT2D eigenvalue weighted by molar-refractivity contribution is 5.96. The molecule has 3 aromatic rings. The fourth-order valence-corrected chi connectivity index (χ4v) is 3.69. The number of halogens is 2. The predicted octanol–water partition coefficient (Wildman–Crippen LogP) is 3.19. The Balaban J connectivity index is 1.80. The first kappa shape index (κ1) is 25.4. The van der Waals surface area contributed by atoms with E-state index in [-0.39, 0.29) is 10.5 Å². The van der Waals surface area contributed by atoms with Crippen LogP contribution in [0.3, 0.4) is 0 Å². The highest BCUT2D eigenvalue weighted by Gasteiger charge is 2.31. The summed E-state index contributed by atoms with van der Waals surface area (Å²) in [4.78, 5) is 25.3. The maximum absolute atomic E-state index is 13.9. The van der Waals surface area contributed by atoms with Gasteiger partial charge in [0.2, 0.25) is 5.75 Å². The van der Waals surface area contributed by atoms with Crippen LogP contribution in [0.2, 0.25) is 0 Å². The average molecular weight is 486 g/mol. The first-order valence-corrected chi connectivity index (χ1v) is 10.6. The van der Waals surface area contributed by atoms with E-state index in [4.69, 9.17) is 9.47 Å². The van der Waals surface area contributed by atoms with E-state index in [1.165, 1.54) is 56.5 Å². The number of carbonyl (C=O) groups is 2.